The molecule has 2 heterocycles. The zero-order valence-corrected chi connectivity index (χ0v) is 8.51. The summed E-state index contributed by atoms with van der Waals surface area (Å²) in [4.78, 5) is 25.6. The smallest absolute Gasteiger partial charge is 0.371 e. The largest absolute Gasteiger partial charge is 0.475 e. The van der Waals surface area contributed by atoms with Gasteiger partial charge in [0.2, 0.25) is 11.6 Å². The van der Waals surface area contributed by atoms with Crippen molar-refractivity contribution in [2.24, 2.45) is 0 Å². The molecule has 2 rings (SSSR count). The first-order valence-corrected chi connectivity index (χ1v) is 4.62. The molecule has 0 spiro atoms. The quantitative estimate of drug-likeness (QED) is 0.688. The van der Waals surface area contributed by atoms with E-state index < -0.39 is 11.9 Å². The lowest BCUT2D eigenvalue weighted by Gasteiger charge is -1.99. The molecule has 8 heteroatoms. The molecule has 0 aliphatic heterocycles. The molecule has 0 saturated carbocycles. The van der Waals surface area contributed by atoms with Crippen molar-refractivity contribution in [2.45, 2.75) is 6.54 Å². The van der Waals surface area contributed by atoms with Gasteiger partial charge in [-0.25, -0.2) is 9.78 Å². The highest BCUT2D eigenvalue weighted by Gasteiger charge is 2.11. The number of H-pyrrole nitrogens is 1. The molecule has 0 saturated heterocycles. The van der Waals surface area contributed by atoms with E-state index in [9.17, 15) is 9.59 Å². The Morgan fingerprint density at radius 1 is 1.47 bits per heavy atom. The van der Waals surface area contributed by atoms with Gasteiger partial charge in [-0.2, -0.15) is 5.10 Å². The molecule has 0 aliphatic rings. The second-order valence-electron chi connectivity index (χ2n) is 3.09. The predicted molar refractivity (Wildman–Crippen MR) is 53.2 cm³/mol. The predicted octanol–water partition coefficient (Wildman–Crippen LogP) is 0.0259. The van der Waals surface area contributed by atoms with Crippen molar-refractivity contribution in [2.75, 3.05) is 0 Å². The number of aromatic carboxylic acids is 1. The summed E-state index contributed by atoms with van der Waals surface area (Å²) in [7, 11) is 0. The molecule has 0 bridgehead atoms. The molecule has 0 aliphatic carbocycles. The third-order valence-electron chi connectivity index (χ3n) is 1.93. The summed E-state index contributed by atoms with van der Waals surface area (Å²) < 4.78 is 4.95. The fraction of sp³-hybridized carbons (Fsp3) is 0.111. The fourth-order valence-corrected chi connectivity index (χ4v) is 1.15. The van der Waals surface area contributed by atoms with Crippen molar-refractivity contribution in [3.8, 4) is 0 Å². The highest BCUT2D eigenvalue weighted by atomic mass is 16.4. The topological polar surface area (TPSA) is 121 Å². The summed E-state index contributed by atoms with van der Waals surface area (Å²) in [6.45, 7) is 0.0762. The van der Waals surface area contributed by atoms with Gasteiger partial charge in [0.1, 0.15) is 12.1 Å². The molecule has 2 aromatic rings. The van der Waals surface area contributed by atoms with Crippen LogP contribution in [0, 0.1) is 0 Å². The highest BCUT2D eigenvalue weighted by Crippen LogP contribution is 2.07. The van der Waals surface area contributed by atoms with Gasteiger partial charge in [-0.05, 0) is 12.1 Å². The zero-order chi connectivity index (χ0) is 12.3. The molecule has 0 aromatic carbocycles. The van der Waals surface area contributed by atoms with Crippen LogP contribution in [0.15, 0.2) is 22.9 Å². The van der Waals surface area contributed by atoms with Gasteiger partial charge in [0, 0.05) is 0 Å². The number of carboxylic acid groups (broad SMARTS) is 1. The van der Waals surface area contributed by atoms with E-state index in [2.05, 4.69) is 20.5 Å². The maximum atomic E-state index is 11.4. The molecule has 3 N–H and O–H groups in total. The van der Waals surface area contributed by atoms with Crippen LogP contribution in [0.4, 0.5) is 0 Å². The Kier molecular flexibility index (Phi) is 2.86. The van der Waals surface area contributed by atoms with Gasteiger partial charge in [-0.3, -0.25) is 9.89 Å². The van der Waals surface area contributed by atoms with E-state index in [4.69, 9.17) is 9.52 Å². The van der Waals surface area contributed by atoms with Crippen LogP contribution in [-0.2, 0) is 6.54 Å². The normalized spacial score (nSPS) is 10.1. The molecule has 0 unspecified atom stereocenters. The van der Waals surface area contributed by atoms with Crippen molar-refractivity contribution in [1.29, 1.82) is 0 Å². The van der Waals surface area contributed by atoms with Gasteiger partial charge in [0.05, 0.1) is 6.54 Å². The average Bonchev–Trinajstić information content (AvgIpc) is 2.97. The summed E-state index contributed by atoms with van der Waals surface area (Å²) in [5, 5.41) is 17.0. The van der Waals surface area contributed by atoms with E-state index in [1.807, 2.05) is 0 Å². The monoisotopic (exact) mass is 236 g/mol. The van der Waals surface area contributed by atoms with Gasteiger partial charge in [-0.15, -0.1) is 0 Å². The zero-order valence-electron chi connectivity index (χ0n) is 8.51. The summed E-state index contributed by atoms with van der Waals surface area (Å²) in [5.41, 5.74) is 0. The van der Waals surface area contributed by atoms with Crippen LogP contribution in [0.2, 0.25) is 0 Å². The number of hydrogen-bond donors (Lipinski definition) is 3. The van der Waals surface area contributed by atoms with E-state index in [-0.39, 0.29) is 18.1 Å². The van der Waals surface area contributed by atoms with Gasteiger partial charge >= 0.3 is 5.97 Å². The lowest BCUT2D eigenvalue weighted by molar-refractivity contribution is 0.0660. The standard InChI is InChI=1S/C9H8N4O4/c14-8(7-11-4-12-13-7)10-3-5-1-2-6(17-5)9(15)16/h1-2,4H,3H2,(H,10,14)(H,15,16)(H,11,12,13). The summed E-state index contributed by atoms with van der Waals surface area (Å²) in [6.07, 6.45) is 1.21. The third-order valence-corrected chi connectivity index (χ3v) is 1.93. The lowest BCUT2D eigenvalue weighted by atomic mass is 10.4. The number of carboxylic acids is 1. The first-order valence-electron chi connectivity index (χ1n) is 4.62. The minimum atomic E-state index is -1.15. The second-order valence-corrected chi connectivity index (χ2v) is 3.09. The maximum Gasteiger partial charge on any atom is 0.371 e. The van der Waals surface area contributed by atoms with Gasteiger partial charge in [0.15, 0.2) is 0 Å². The first-order chi connectivity index (χ1) is 8.16. The SMILES string of the molecule is O=C(NCc1ccc(C(=O)O)o1)c1ncn[nH]1. The van der Waals surface area contributed by atoms with Crippen LogP contribution in [-0.4, -0.2) is 32.2 Å². The van der Waals surface area contributed by atoms with Crippen LogP contribution < -0.4 is 5.32 Å². The van der Waals surface area contributed by atoms with Crippen LogP contribution in [0.25, 0.3) is 0 Å². The van der Waals surface area contributed by atoms with Crippen LogP contribution in [0.3, 0.4) is 0 Å². The van der Waals surface area contributed by atoms with Crippen LogP contribution >= 0.6 is 0 Å². The Balaban J connectivity index is 1.93. The van der Waals surface area contributed by atoms with Gasteiger partial charge < -0.3 is 14.8 Å². The van der Waals surface area contributed by atoms with E-state index in [1.165, 1.54) is 18.5 Å². The maximum absolute atomic E-state index is 11.4. The average molecular weight is 236 g/mol. The number of aromatic amines is 1. The number of amides is 1. The minimum Gasteiger partial charge on any atom is -0.475 e. The van der Waals surface area contributed by atoms with E-state index in [1.54, 1.807) is 0 Å². The van der Waals surface area contributed by atoms with Gasteiger partial charge in [0.25, 0.3) is 5.91 Å². The number of nitrogens with one attached hydrogen (secondary N) is 2. The Morgan fingerprint density at radius 2 is 2.29 bits per heavy atom. The third kappa shape index (κ3) is 2.48. The minimum absolute atomic E-state index is 0.0762. The molecule has 0 fully saturated rings. The number of carbonyl (C=O) groups excluding carboxylic acids is 1. The molecule has 1 amide bonds. The second kappa shape index (κ2) is 4.47. The number of rotatable bonds is 4. The Bertz CT molecular complexity index is 531. The Hall–Kier alpha value is -2.64. The van der Waals surface area contributed by atoms with Crippen molar-refractivity contribution in [3.05, 3.63) is 35.8 Å². The fourth-order valence-electron chi connectivity index (χ4n) is 1.15. The molecular formula is C9H8N4O4. The van der Waals surface area contributed by atoms with Crippen LogP contribution in [0.1, 0.15) is 26.9 Å². The van der Waals surface area contributed by atoms with Crippen molar-refractivity contribution in [1.82, 2.24) is 20.5 Å². The molecule has 0 radical (unpaired) electrons. The highest BCUT2D eigenvalue weighted by molar-refractivity contribution is 5.90. The summed E-state index contributed by atoms with van der Waals surface area (Å²) >= 11 is 0. The van der Waals surface area contributed by atoms with Crippen LogP contribution in [0.5, 0.6) is 0 Å². The van der Waals surface area contributed by atoms with Crippen molar-refractivity contribution >= 4 is 11.9 Å². The number of aromatic nitrogens is 3. The lowest BCUT2D eigenvalue weighted by Crippen LogP contribution is -2.23. The Labute approximate surface area is 94.7 Å². The molecular weight excluding hydrogens is 228 g/mol. The van der Waals surface area contributed by atoms with E-state index in [0.717, 1.165) is 0 Å². The van der Waals surface area contributed by atoms with E-state index >= 15 is 0 Å². The molecule has 2 aromatic heterocycles. The summed E-state index contributed by atoms with van der Waals surface area (Å²) in [6, 6.07) is 2.79. The molecule has 88 valence electrons. The number of furan rings is 1. The number of nitrogens with zero attached hydrogens (tertiary/aromatic N) is 2. The molecule has 17 heavy (non-hydrogen) atoms. The van der Waals surface area contributed by atoms with Gasteiger partial charge in [-0.1, -0.05) is 0 Å². The Morgan fingerprint density at radius 3 is 2.88 bits per heavy atom. The summed E-state index contributed by atoms with van der Waals surface area (Å²) in [5.74, 6) is -1.35. The molecule has 8 nitrogen and oxygen atoms in total. The van der Waals surface area contributed by atoms with E-state index in [0.29, 0.717) is 5.76 Å². The first kappa shape index (κ1) is 10.9. The number of hydrogen-bond acceptors (Lipinski definition) is 5. The molecule has 0 atom stereocenters. The van der Waals surface area contributed by atoms with Crippen molar-refractivity contribution < 1.29 is 19.1 Å². The van der Waals surface area contributed by atoms with Crippen molar-refractivity contribution in [3.63, 3.8) is 0 Å². The number of carbonyl (C=O) groups is 2.